The van der Waals surface area contributed by atoms with Crippen LogP contribution in [0.3, 0.4) is 0 Å². The van der Waals surface area contributed by atoms with Gasteiger partial charge >= 0.3 is 18.0 Å². The van der Waals surface area contributed by atoms with Crippen LogP contribution in [0, 0.1) is 0 Å². The van der Waals surface area contributed by atoms with Crippen LogP contribution in [0.1, 0.15) is 49.4 Å². The number of aromatic hydroxyl groups is 1. The van der Waals surface area contributed by atoms with Crippen molar-refractivity contribution >= 4 is 54.2 Å². The Bertz CT molecular complexity index is 2380. The molecule has 3 aromatic rings. The Morgan fingerprint density at radius 1 is 1.06 bits per heavy atom. The standard InChI is InChI=1S/C43H47F4N7O10S/c1-3-4-17-62-40(60)63-18-5-6-26-9-15-32(61-2)33(19-26)64-38-37-42(65,43(46,47)41(38,44)45)53-30-14-13-29(30)51-36(58)22-49-39(59)31(20-27-23-54(37)24-50-27)52-35(57)21-48-34(56)16-10-25-7-11-28(55)12-8-25/h5-9,11-12,14-15,19,23-24,29,31,53,55,65H,3-4,10,13,16-18,20-22H2,1-2H3,(H,48,56)(H,49,59)(H,51,58)(H,52,57)/b6-5+. The van der Waals surface area contributed by atoms with Crippen molar-refractivity contribution in [3.05, 3.63) is 95.4 Å². The first kappa shape index (κ1) is 47.8. The summed E-state index contributed by atoms with van der Waals surface area (Å²) < 4.78 is 88.0. The van der Waals surface area contributed by atoms with Crippen LogP contribution in [0.5, 0.6) is 17.2 Å². The second-order valence-electron chi connectivity index (χ2n) is 15.1. The van der Waals surface area contributed by atoms with E-state index in [0.717, 1.165) is 29.1 Å². The van der Waals surface area contributed by atoms with Crippen molar-refractivity contribution in [3.63, 3.8) is 0 Å². The van der Waals surface area contributed by atoms with Crippen LogP contribution in [-0.2, 0) is 41.5 Å². The number of aryl methyl sites for hydroxylation is 1. The van der Waals surface area contributed by atoms with Crippen LogP contribution in [0.25, 0.3) is 11.8 Å². The predicted molar refractivity (Wildman–Crippen MR) is 228 cm³/mol. The summed E-state index contributed by atoms with van der Waals surface area (Å²) in [5.74, 6) is -15.1. The number of nitrogens with one attached hydrogen (secondary N) is 5. The molecule has 2 bridgehead atoms. The van der Waals surface area contributed by atoms with Gasteiger partial charge in [0.05, 0.1) is 44.9 Å². The smallest absolute Gasteiger partial charge is 0.508 e. The predicted octanol–water partition coefficient (Wildman–Crippen LogP) is 3.99. The molecule has 17 nitrogen and oxygen atoms in total. The van der Waals surface area contributed by atoms with Gasteiger partial charge in [0.15, 0.2) is 16.4 Å². The van der Waals surface area contributed by atoms with Crippen molar-refractivity contribution in [1.29, 1.82) is 0 Å². The van der Waals surface area contributed by atoms with Gasteiger partial charge in [-0.05, 0) is 60.7 Å². The highest BCUT2D eigenvalue weighted by atomic mass is 32.1. The second-order valence-corrected chi connectivity index (χ2v) is 15.8. The Balaban J connectivity index is 1.29. The summed E-state index contributed by atoms with van der Waals surface area (Å²) in [7, 11) is 1.21. The topological polar surface area (TPSA) is 220 Å². The van der Waals surface area contributed by atoms with Gasteiger partial charge in [-0.15, -0.1) is 12.6 Å². The van der Waals surface area contributed by atoms with Crippen LogP contribution >= 0.6 is 12.6 Å². The summed E-state index contributed by atoms with van der Waals surface area (Å²) in [5.41, 5.74) is 0.00564. The Morgan fingerprint density at radius 2 is 1.83 bits per heavy atom. The zero-order valence-corrected chi connectivity index (χ0v) is 36.0. The molecular weight excluding hydrogens is 883 g/mol. The van der Waals surface area contributed by atoms with Gasteiger partial charge in [-0.3, -0.25) is 19.2 Å². The van der Waals surface area contributed by atoms with E-state index in [4.69, 9.17) is 18.9 Å². The van der Waals surface area contributed by atoms with Crippen LogP contribution in [0.15, 0.2) is 78.6 Å². The number of aromatic nitrogens is 2. The molecule has 6 N–H and O–H groups in total. The minimum absolute atomic E-state index is 0.00306. The molecule has 3 atom stereocenters. The first-order chi connectivity index (χ1) is 30.9. The Morgan fingerprint density at radius 3 is 2.54 bits per heavy atom. The summed E-state index contributed by atoms with van der Waals surface area (Å²) in [5, 5.41) is 21.8. The average molecular weight is 930 g/mol. The van der Waals surface area contributed by atoms with Crippen molar-refractivity contribution < 1.29 is 65.6 Å². The molecule has 348 valence electrons. The number of benzene rings is 2. The van der Waals surface area contributed by atoms with E-state index in [2.05, 4.69) is 44.2 Å². The van der Waals surface area contributed by atoms with E-state index in [9.17, 15) is 29.1 Å². The maximum atomic E-state index is 16.6. The lowest BCUT2D eigenvalue weighted by molar-refractivity contribution is -0.198. The number of alkyl halides is 4. The molecule has 4 amide bonds. The summed E-state index contributed by atoms with van der Waals surface area (Å²) in [6.07, 6.45) is 6.84. The van der Waals surface area contributed by atoms with Gasteiger partial charge in [0.2, 0.25) is 29.4 Å². The van der Waals surface area contributed by atoms with E-state index in [1.165, 1.54) is 55.7 Å². The lowest BCUT2D eigenvalue weighted by Crippen LogP contribution is -2.61. The molecule has 3 aliphatic rings. The van der Waals surface area contributed by atoms with E-state index < -0.39 is 95.3 Å². The SMILES string of the molecule is CCCCOC(=O)OC/C=C/c1ccc(OC)c(OC2=C3n4cnc(c4)CC(NC(=O)CNC(=O)CCc4ccc(O)cc4)C(=O)NCC(=O)NC4CC=C4NC3(S)C(F)(F)C2(F)F)c1. The number of methoxy groups -OCH3 is 1. The van der Waals surface area contributed by atoms with Crippen LogP contribution < -0.4 is 36.1 Å². The number of unbranched alkanes of at least 4 members (excludes halogenated alkanes) is 1. The quantitative estimate of drug-likeness (QED) is 0.0498. The van der Waals surface area contributed by atoms with Gasteiger partial charge in [0.25, 0.3) is 0 Å². The third-order valence-corrected chi connectivity index (χ3v) is 11.0. The monoisotopic (exact) mass is 929 g/mol. The number of phenolic OH excluding ortho intramolecular Hbond substituents is 1. The number of nitrogens with zero attached hydrogens (tertiary/aromatic N) is 2. The third kappa shape index (κ3) is 11.0. The number of ether oxygens (including phenoxy) is 4. The van der Waals surface area contributed by atoms with Crippen LogP contribution in [0.4, 0.5) is 22.4 Å². The molecule has 22 heteroatoms. The zero-order chi connectivity index (χ0) is 46.9. The number of fused-ring (bicyclic) bond motifs is 5. The highest BCUT2D eigenvalue weighted by Crippen LogP contribution is 2.60. The Kier molecular flexibility index (Phi) is 15.0. The normalized spacial score (nSPS) is 21.1. The molecule has 0 fully saturated rings. The number of carbonyl (C=O) groups excluding carboxylic acids is 5. The first-order valence-electron chi connectivity index (χ1n) is 20.4. The summed E-state index contributed by atoms with van der Waals surface area (Å²) in [4.78, 5) is 64.8. The van der Waals surface area contributed by atoms with Crippen molar-refractivity contribution in [3.8, 4) is 17.2 Å². The third-order valence-electron chi connectivity index (χ3n) is 10.4. The van der Waals surface area contributed by atoms with Gasteiger partial charge in [-0.25, -0.2) is 9.78 Å². The molecule has 0 spiro atoms. The number of thiol groups is 1. The highest BCUT2D eigenvalue weighted by Gasteiger charge is 2.79. The fraction of sp³-hybridized carbons (Fsp3) is 0.395. The van der Waals surface area contributed by atoms with Crippen molar-refractivity contribution in [2.75, 3.05) is 33.4 Å². The van der Waals surface area contributed by atoms with Crippen molar-refractivity contribution in [2.45, 2.75) is 74.2 Å². The highest BCUT2D eigenvalue weighted by molar-refractivity contribution is 7.82. The minimum atomic E-state index is -5.08. The lowest BCUT2D eigenvalue weighted by atomic mass is 9.96. The fourth-order valence-corrected chi connectivity index (χ4v) is 7.32. The maximum Gasteiger partial charge on any atom is 0.508 e. The first-order valence-corrected chi connectivity index (χ1v) is 20.9. The van der Waals surface area contributed by atoms with Gasteiger partial charge in [0, 0.05) is 24.7 Å². The van der Waals surface area contributed by atoms with Gasteiger partial charge in [-0.2, -0.15) is 17.6 Å². The molecule has 1 aliphatic heterocycles. The van der Waals surface area contributed by atoms with Gasteiger partial charge in [0.1, 0.15) is 24.1 Å². The number of carbonyl (C=O) groups is 5. The number of phenols is 1. The average Bonchev–Trinajstić information content (AvgIpc) is 3.77. The largest absolute Gasteiger partial charge is 0.508 e. The van der Waals surface area contributed by atoms with E-state index in [-0.39, 0.29) is 48.9 Å². The summed E-state index contributed by atoms with van der Waals surface area (Å²) in [6, 6.07) is 7.85. The molecule has 2 aromatic carbocycles. The molecule has 1 aromatic heterocycles. The second kappa shape index (κ2) is 20.4. The number of amides is 4. The molecule has 0 radical (unpaired) electrons. The number of hydrogen-bond acceptors (Lipinski definition) is 13. The molecule has 0 saturated heterocycles. The number of rotatable bonds is 15. The summed E-state index contributed by atoms with van der Waals surface area (Å²) in [6.45, 7) is 0.717. The maximum absolute atomic E-state index is 16.6. The fourth-order valence-electron chi connectivity index (χ4n) is 6.83. The number of halogens is 4. The zero-order valence-electron chi connectivity index (χ0n) is 35.1. The molecular formula is C43H47F4N7O10S. The Hall–Kier alpha value is -6.71. The van der Waals surface area contributed by atoms with Crippen LogP contribution in [-0.4, -0.2) is 107 Å². The van der Waals surface area contributed by atoms with Gasteiger partial charge < -0.3 is 55.2 Å². The minimum Gasteiger partial charge on any atom is -0.508 e. The van der Waals surface area contributed by atoms with Crippen LogP contribution in [0.2, 0.25) is 0 Å². The van der Waals surface area contributed by atoms with Crippen molar-refractivity contribution in [1.82, 2.24) is 36.1 Å². The Labute approximate surface area is 375 Å². The molecule has 2 aliphatic carbocycles. The van der Waals surface area contributed by atoms with E-state index in [1.807, 2.05) is 6.92 Å². The molecule has 0 saturated carbocycles. The molecule has 6 rings (SSSR count). The van der Waals surface area contributed by atoms with E-state index in [1.54, 1.807) is 12.1 Å². The number of hydrogen-bond donors (Lipinski definition) is 7. The van der Waals surface area contributed by atoms with Gasteiger partial charge in [-0.1, -0.05) is 43.7 Å². The lowest BCUT2D eigenvalue weighted by Gasteiger charge is -2.40. The number of imidazole rings is 1. The molecule has 2 heterocycles. The molecule has 3 unspecified atom stereocenters. The number of allylic oxidation sites excluding steroid dienone is 1. The van der Waals surface area contributed by atoms with E-state index >= 15 is 17.6 Å². The van der Waals surface area contributed by atoms with Crippen molar-refractivity contribution in [2.24, 2.45) is 0 Å². The summed E-state index contributed by atoms with van der Waals surface area (Å²) >= 11 is 4.24. The molecule has 65 heavy (non-hydrogen) atoms. The van der Waals surface area contributed by atoms with E-state index in [0.29, 0.717) is 18.4 Å².